The van der Waals surface area contributed by atoms with Gasteiger partial charge < -0.3 is 25.4 Å². The lowest BCUT2D eigenvalue weighted by atomic mass is 9.92. The lowest BCUT2D eigenvalue weighted by Gasteiger charge is -2.36. The van der Waals surface area contributed by atoms with Gasteiger partial charge in [-0.1, -0.05) is 0 Å². The van der Waals surface area contributed by atoms with Crippen molar-refractivity contribution in [3.8, 4) is 0 Å². The minimum Gasteiger partial charge on any atom is -0.477 e. The van der Waals surface area contributed by atoms with Crippen molar-refractivity contribution >= 4 is 28.2 Å². The van der Waals surface area contributed by atoms with Crippen LogP contribution in [0.1, 0.15) is 48.1 Å². The van der Waals surface area contributed by atoms with Crippen LogP contribution in [0.5, 0.6) is 0 Å². The van der Waals surface area contributed by atoms with E-state index in [2.05, 4.69) is 0 Å². The van der Waals surface area contributed by atoms with Crippen molar-refractivity contribution in [2.75, 3.05) is 23.7 Å². The molecule has 2 aliphatic heterocycles. The van der Waals surface area contributed by atoms with Gasteiger partial charge in [0.2, 0.25) is 5.43 Å². The maximum absolute atomic E-state index is 15.3. The van der Waals surface area contributed by atoms with Crippen LogP contribution in [0.15, 0.2) is 11.0 Å². The van der Waals surface area contributed by atoms with Gasteiger partial charge in [0.25, 0.3) is 0 Å². The highest BCUT2D eigenvalue weighted by molar-refractivity contribution is 6.01. The minimum absolute atomic E-state index is 0.0282. The van der Waals surface area contributed by atoms with Crippen LogP contribution >= 0.6 is 0 Å². The lowest BCUT2D eigenvalue weighted by molar-refractivity contribution is 0.0694. The van der Waals surface area contributed by atoms with Gasteiger partial charge in [0.15, 0.2) is 5.82 Å². The number of carboxylic acid groups (broad SMARTS) is 1. The first-order valence-electron chi connectivity index (χ1n) is 9.16. The summed E-state index contributed by atoms with van der Waals surface area (Å²) in [6, 6.07) is -0.0282. The minimum atomic E-state index is -1.35. The van der Waals surface area contributed by atoms with Crippen LogP contribution in [0.25, 0.3) is 10.9 Å². The topological polar surface area (TPSA) is 109 Å². The zero-order valence-electron chi connectivity index (χ0n) is 15.0. The highest BCUT2D eigenvalue weighted by Crippen LogP contribution is 2.41. The molecule has 7 nitrogen and oxygen atoms in total. The Balaban J connectivity index is 2.07. The van der Waals surface area contributed by atoms with Crippen LogP contribution in [-0.2, 0) is 6.42 Å². The molecule has 0 amide bonds. The number of rotatable bonds is 2. The third-order valence-corrected chi connectivity index (χ3v) is 5.82. The Kier molecular flexibility index (Phi) is 4.10. The highest BCUT2D eigenvalue weighted by atomic mass is 19.1. The fourth-order valence-electron chi connectivity index (χ4n) is 4.32. The monoisotopic (exact) mass is 375 g/mol. The van der Waals surface area contributed by atoms with Gasteiger partial charge in [0, 0.05) is 30.9 Å². The number of nitrogen functional groups attached to an aromatic ring is 1. The number of carbonyl (C=O) groups is 1. The van der Waals surface area contributed by atoms with E-state index >= 15 is 4.39 Å². The summed E-state index contributed by atoms with van der Waals surface area (Å²) >= 11 is 0. The molecule has 1 unspecified atom stereocenters. The quantitative estimate of drug-likeness (QED) is 0.692. The van der Waals surface area contributed by atoms with Gasteiger partial charge in [-0.2, -0.15) is 0 Å². The number of aliphatic hydroxyl groups is 1. The number of pyridine rings is 1. The summed E-state index contributed by atoms with van der Waals surface area (Å²) in [7, 11) is 0. The van der Waals surface area contributed by atoms with E-state index in [4.69, 9.17) is 5.73 Å². The maximum atomic E-state index is 15.3. The summed E-state index contributed by atoms with van der Waals surface area (Å²) in [6.07, 6.45) is 3.32. The van der Waals surface area contributed by atoms with Crippen molar-refractivity contribution < 1.29 is 19.4 Å². The second kappa shape index (κ2) is 6.23. The molecular weight excluding hydrogens is 353 g/mol. The number of aryl methyl sites for hydroxylation is 1. The van der Waals surface area contributed by atoms with E-state index in [1.807, 2.05) is 11.8 Å². The van der Waals surface area contributed by atoms with E-state index < -0.39 is 28.9 Å². The van der Waals surface area contributed by atoms with E-state index in [9.17, 15) is 19.8 Å². The molecule has 1 atom stereocenters. The number of aliphatic hydroxyl groups excluding tert-OH is 1. The Morgan fingerprint density at radius 1 is 1.30 bits per heavy atom. The smallest absolute Gasteiger partial charge is 0.341 e. The molecule has 1 aromatic carbocycles. The second-order valence-electron chi connectivity index (χ2n) is 7.47. The second-order valence-corrected chi connectivity index (χ2v) is 7.47. The number of aromatic carboxylic acids is 1. The van der Waals surface area contributed by atoms with Crippen molar-refractivity contribution in [3.05, 3.63) is 33.4 Å². The van der Waals surface area contributed by atoms with E-state index in [0.717, 1.165) is 0 Å². The molecule has 2 aliphatic rings. The summed E-state index contributed by atoms with van der Waals surface area (Å²) in [5.41, 5.74) is 6.19. The highest BCUT2D eigenvalue weighted by Gasteiger charge is 2.32. The molecule has 0 spiro atoms. The van der Waals surface area contributed by atoms with Gasteiger partial charge in [0.1, 0.15) is 5.56 Å². The molecule has 0 bridgehead atoms. The van der Waals surface area contributed by atoms with Crippen molar-refractivity contribution in [2.45, 2.75) is 44.8 Å². The number of hydrogen-bond acceptors (Lipinski definition) is 5. The van der Waals surface area contributed by atoms with Gasteiger partial charge in [-0.05, 0) is 32.6 Å². The molecule has 4 rings (SSSR count). The van der Waals surface area contributed by atoms with Crippen LogP contribution in [0, 0.1) is 5.82 Å². The van der Waals surface area contributed by atoms with E-state index in [1.54, 1.807) is 4.57 Å². The van der Waals surface area contributed by atoms with Crippen molar-refractivity contribution in [3.63, 3.8) is 0 Å². The Bertz CT molecular complexity index is 1010. The molecule has 2 aromatic rings. The lowest BCUT2D eigenvalue weighted by Crippen LogP contribution is -2.38. The van der Waals surface area contributed by atoms with E-state index in [1.165, 1.54) is 6.20 Å². The first kappa shape index (κ1) is 17.8. The first-order chi connectivity index (χ1) is 12.8. The fourth-order valence-corrected chi connectivity index (χ4v) is 4.32. The summed E-state index contributed by atoms with van der Waals surface area (Å²) in [5.74, 6) is -2.02. The molecule has 0 radical (unpaired) electrons. The molecule has 1 fully saturated rings. The van der Waals surface area contributed by atoms with Crippen molar-refractivity contribution in [2.24, 2.45) is 0 Å². The van der Waals surface area contributed by atoms with Crippen LogP contribution in [0.3, 0.4) is 0 Å². The number of nitrogens with two attached hydrogens (primary N) is 1. The van der Waals surface area contributed by atoms with E-state index in [-0.39, 0.29) is 17.1 Å². The molecule has 8 heteroatoms. The van der Waals surface area contributed by atoms with Gasteiger partial charge in [-0.25, -0.2) is 9.18 Å². The largest absolute Gasteiger partial charge is 0.477 e. The number of nitrogens with zero attached hydrogens (tertiary/aromatic N) is 2. The number of anilines is 2. The average molecular weight is 375 g/mol. The van der Waals surface area contributed by atoms with E-state index in [0.29, 0.717) is 55.5 Å². The van der Waals surface area contributed by atoms with Crippen molar-refractivity contribution in [1.82, 2.24) is 4.57 Å². The molecule has 1 aromatic heterocycles. The van der Waals surface area contributed by atoms with Gasteiger partial charge in [0.05, 0.1) is 28.4 Å². The van der Waals surface area contributed by atoms with Crippen LogP contribution < -0.4 is 16.1 Å². The zero-order chi connectivity index (χ0) is 19.5. The summed E-state index contributed by atoms with van der Waals surface area (Å²) < 4.78 is 17.0. The molecule has 0 aliphatic carbocycles. The summed E-state index contributed by atoms with van der Waals surface area (Å²) in [6.45, 7) is 2.95. The van der Waals surface area contributed by atoms with Gasteiger partial charge >= 0.3 is 5.97 Å². The Labute approximate surface area is 154 Å². The predicted molar refractivity (Wildman–Crippen MR) is 100 cm³/mol. The predicted octanol–water partition coefficient (Wildman–Crippen LogP) is 1.89. The number of halogens is 1. The third-order valence-electron chi connectivity index (χ3n) is 5.82. The SMILES string of the molecule is CC1CCc2c(N3CCC(O)CC3)c(F)c(N)c3c(=O)c(C(=O)O)cn1c23. The molecule has 4 N–H and O–H groups in total. The molecule has 3 heterocycles. The number of piperidine rings is 1. The van der Waals surface area contributed by atoms with Crippen molar-refractivity contribution in [1.29, 1.82) is 0 Å². The summed E-state index contributed by atoms with van der Waals surface area (Å²) in [5, 5.41) is 19.1. The standard InChI is InChI=1S/C19H22FN3O4/c1-9-2-3-11-16-13(18(25)12(19(26)27)8-23(9)16)15(21)14(20)17(11)22-6-4-10(24)5-7-22/h8-10,24H,2-7,21H2,1H3,(H,26,27). The molecular formula is C19H22FN3O4. The number of benzene rings is 1. The molecule has 0 saturated carbocycles. The molecule has 1 saturated heterocycles. The third kappa shape index (κ3) is 2.58. The van der Waals surface area contributed by atoms with Crippen LogP contribution in [0.4, 0.5) is 15.8 Å². The fraction of sp³-hybridized carbons (Fsp3) is 0.474. The Morgan fingerprint density at radius 2 is 1.96 bits per heavy atom. The summed E-state index contributed by atoms with van der Waals surface area (Å²) in [4.78, 5) is 26.1. The molecule has 144 valence electrons. The Morgan fingerprint density at radius 3 is 2.59 bits per heavy atom. The average Bonchev–Trinajstić information content (AvgIpc) is 2.63. The first-order valence-corrected chi connectivity index (χ1v) is 9.16. The molecule has 27 heavy (non-hydrogen) atoms. The number of aromatic nitrogens is 1. The van der Waals surface area contributed by atoms with Crippen LogP contribution in [-0.4, -0.2) is 39.9 Å². The Hall–Kier alpha value is -2.61. The number of hydrogen-bond donors (Lipinski definition) is 3. The maximum Gasteiger partial charge on any atom is 0.341 e. The normalized spacial score (nSPS) is 20.3. The number of carboxylic acids is 1. The van der Waals surface area contributed by atoms with Crippen LogP contribution in [0.2, 0.25) is 0 Å². The van der Waals surface area contributed by atoms with Gasteiger partial charge in [-0.15, -0.1) is 0 Å². The zero-order valence-corrected chi connectivity index (χ0v) is 15.0. The van der Waals surface area contributed by atoms with Gasteiger partial charge in [-0.3, -0.25) is 4.79 Å².